The summed E-state index contributed by atoms with van der Waals surface area (Å²) in [5.41, 5.74) is 3.23. The number of halogens is 2. The zero-order valence-electron chi connectivity index (χ0n) is 21.7. The summed E-state index contributed by atoms with van der Waals surface area (Å²) in [6.07, 6.45) is 6.69. The van der Waals surface area contributed by atoms with Crippen LogP contribution < -0.4 is 14.5 Å². The maximum atomic E-state index is 13.5. The van der Waals surface area contributed by atoms with Crippen LogP contribution in [-0.4, -0.2) is 46.0 Å². The van der Waals surface area contributed by atoms with E-state index in [4.69, 9.17) is 11.6 Å². The SMILES string of the molecule is Cc1cc(S(=O)(=O)N(C)c2cc(C(=O)NCCC3CCN(c4ccncc4)CC3)ccc2Br)c(C)cc1Cl. The molecule has 0 bridgehead atoms. The predicted octanol–water partition coefficient (Wildman–Crippen LogP) is 5.98. The summed E-state index contributed by atoms with van der Waals surface area (Å²) in [6.45, 7) is 6.04. The molecule has 7 nitrogen and oxygen atoms in total. The van der Waals surface area contributed by atoms with E-state index >= 15 is 0 Å². The maximum absolute atomic E-state index is 13.5. The number of nitrogens with one attached hydrogen (secondary N) is 1. The molecule has 0 aliphatic carbocycles. The lowest BCUT2D eigenvalue weighted by Crippen LogP contribution is -2.35. The average molecular weight is 620 g/mol. The Balaban J connectivity index is 1.38. The molecule has 2 heterocycles. The van der Waals surface area contributed by atoms with Gasteiger partial charge in [-0.25, -0.2) is 8.42 Å². The molecule has 1 fully saturated rings. The van der Waals surface area contributed by atoms with Crippen molar-refractivity contribution in [2.75, 3.05) is 35.9 Å². The number of aromatic nitrogens is 1. The Kier molecular flexibility index (Phi) is 9.00. The Bertz CT molecular complexity index is 1410. The Hall–Kier alpha value is -2.62. The summed E-state index contributed by atoms with van der Waals surface area (Å²) in [4.78, 5) is 19.6. The van der Waals surface area contributed by atoms with E-state index in [1.165, 1.54) is 17.0 Å². The highest BCUT2D eigenvalue weighted by atomic mass is 79.9. The number of aryl methyl sites for hydroxylation is 2. The van der Waals surface area contributed by atoms with Crippen LogP contribution in [0, 0.1) is 19.8 Å². The molecule has 38 heavy (non-hydrogen) atoms. The molecule has 0 atom stereocenters. The fourth-order valence-corrected chi connectivity index (χ4v) is 7.08. The van der Waals surface area contributed by atoms with Crippen molar-refractivity contribution >= 4 is 54.8 Å². The second-order valence-electron chi connectivity index (χ2n) is 9.69. The molecule has 1 aliphatic heterocycles. The van der Waals surface area contributed by atoms with Crippen LogP contribution in [0.5, 0.6) is 0 Å². The van der Waals surface area contributed by atoms with E-state index in [-0.39, 0.29) is 10.8 Å². The van der Waals surface area contributed by atoms with Crippen molar-refractivity contribution in [2.24, 2.45) is 5.92 Å². The molecule has 2 aromatic carbocycles. The van der Waals surface area contributed by atoms with Crippen molar-refractivity contribution in [3.05, 3.63) is 81.0 Å². The van der Waals surface area contributed by atoms with Gasteiger partial charge in [0.25, 0.3) is 15.9 Å². The minimum absolute atomic E-state index is 0.179. The van der Waals surface area contributed by atoms with E-state index in [9.17, 15) is 13.2 Å². The van der Waals surface area contributed by atoms with E-state index in [1.807, 2.05) is 24.5 Å². The van der Waals surface area contributed by atoms with Gasteiger partial charge in [-0.1, -0.05) is 11.6 Å². The summed E-state index contributed by atoms with van der Waals surface area (Å²) in [5.74, 6) is 0.327. The Morgan fingerprint density at radius 3 is 2.47 bits per heavy atom. The number of piperidine rings is 1. The monoisotopic (exact) mass is 618 g/mol. The number of carbonyl (C=O) groups excluding carboxylic acids is 1. The molecule has 0 spiro atoms. The minimum atomic E-state index is -3.88. The molecular weight excluding hydrogens is 588 g/mol. The van der Waals surface area contributed by atoms with E-state index in [0.29, 0.717) is 44.3 Å². The molecule has 1 amide bonds. The Labute approximate surface area is 238 Å². The molecule has 1 saturated heterocycles. The van der Waals surface area contributed by atoms with Crippen LogP contribution in [0.1, 0.15) is 40.7 Å². The molecule has 0 unspecified atom stereocenters. The number of hydrogen-bond acceptors (Lipinski definition) is 5. The van der Waals surface area contributed by atoms with Crippen molar-refractivity contribution < 1.29 is 13.2 Å². The summed E-state index contributed by atoms with van der Waals surface area (Å²) in [7, 11) is -2.39. The van der Waals surface area contributed by atoms with Gasteiger partial charge in [0, 0.05) is 59.8 Å². The molecule has 1 aromatic heterocycles. The largest absolute Gasteiger partial charge is 0.371 e. The second kappa shape index (κ2) is 12.1. The number of anilines is 2. The van der Waals surface area contributed by atoms with E-state index < -0.39 is 10.0 Å². The van der Waals surface area contributed by atoms with E-state index in [0.717, 1.165) is 32.4 Å². The van der Waals surface area contributed by atoms with Crippen LogP contribution >= 0.6 is 27.5 Å². The van der Waals surface area contributed by atoms with Gasteiger partial charge in [-0.05, 0) is 109 Å². The number of pyridine rings is 1. The van der Waals surface area contributed by atoms with Gasteiger partial charge in [-0.3, -0.25) is 14.1 Å². The van der Waals surface area contributed by atoms with Crippen LogP contribution in [0.25, 0.3) is 0 Å². The molecule has 0 saturated carbocycles. The molecule has 1 N–H and O–H groups in total. The second-order valence-corrected chi connectivity index (χ2v) is 12.9. The van der Waals surface area contributed by atoms with Gasteiger partial charge >= 0.3 is 0 Å². The smallest absolute Gasteiger partial charge is 0.264 e. The van der Waals surface area contributed by atoms with Crippen LogP contribution in [0.4, 0.5) is 11.4 Å². The number of rotatable bonds is 8. The number of hydrogen-bond donors (Lipinski definition) is 1. The van der Waals surface area contributed by atoms with Crippen molar-refractivity contribution in [2.45, 2.75) is 38.0 Å². The van der Waals surface area contributed by atoms with Gasteiger partial charge in [0.1, 0.15) is 0 Å². The molecule has 202 valence electrons. The molecule has 3 aromatic rings. The standard InChI is InChI=1S/C28H32BrClN4O3S/c1-19-17-27(20(2)16-25(19)30)38(36,37)33(3)26-18-22(4-5-24(26)29)28(35)32-13-6-21-9-14-34(15-10-21)23-7-11-31-12-8-23/h4-5,7-8,11-12,16-18,21H,6,9-10,13-15H2,1-3H3,(H,32,35). The predicted molar refractivity (Wildman–Crippen MR) is 157 cm³/mol. The minimum Gasteiger partial charge on any atom is -0.371 e. The highest BCUT2D eigenvalue weighted by molar-refractivity contribution is 9.10. The molecular formula is C28H32BrClN4O3S. The van der Waals surface area contributed by atoms with Crippen LogP contribution in [0.2, 0.25) is 5.02 Å². The number of carbonyl (C=O) groups is 1. The first kappa shape index (κ1) is 28.4. The van der Waals surface area contributed by atoms with Crippen molar-refractivity contribution in [1.82, 2.24) is 10.3 Å². The number of amides is 1. The fraction of sp³-hybridized carbons (Fsp3) is 0.357. The van der Waals surface area contributed by atoms with Crippen molar-refractivity contribution in [3.63, 3.8) is 0 Å². The third kappa shape index (κ3) is 6.33. The molecule has 1 aliphatic rings. The zero-order valence-corrected chi connectivity index (χ0v) is 24.9. The first-order valence-electron chi connectivity index (χ1n) is 12.6. The summed E-state index contributed by atoms with van der Waals surface area (Å²) < 4.78 is 28.7. The van der Waals surface area contributed by atoms with Crippen molar-refractivity contribution in [1.29, 1.82) is 0 Å². The van der Waals surface area contributed by atoms with Gasteiger partial charge in [0.05, 0.1) is 10.6 Å². The molecule has 10 heteroatoms. The third-order valence-corrected chi connectivity index (χ3v) is 10.1. The number of nitrogens with zero attached hydrogens (tertiary/aromatic N) is 3. The molecule has 0 radical (unpaired) electrons. The maximum Gasteiger partial charge on any atom is 0.264 e. The summed E-state index contributed by atoms with van der Waals surface area (Å²) in [5, 5.41) is 3.53. The first-order chi connectivity index (χ1) is 18.1. The lowest BCUT2D eigenvalue weighted by molar-refractivity contribution is 0.0950. The Morgan fingerprint density at radius 2 is 1.79 bits per heavy atom. The quantitative estimate of drug-likeness (QED) is 0.336. The van der Waals surface area contributed by atoms with Gasteiger partial charge in [-0.15, -0.1) is 0 Å². The fourth-order valence-electron chi connectivity index (χ4n) is 4.73. The lowest BCUT2D eigenvalue weighted by atomic mass is 9.93. The number of benzene rings is 2. The Morgan fingerprint density at radius 1 is 1.11 bits per heavy atom. The number of sulfonamides is 1. The third-order valence-electron chi connectivity index (χ3n) is 7.12. The van der Waals surface area contributed by atoms with Gasteiger partial charge < -0.3 is 10.2 Å². The molecule has 4 rings (SSSR count). The van der Waals surface area contributed by atoms with Crippen molar-refractivity contribution in [3.8, 4) is 0 Å². The highest BCUT2D eigenvalue weighted by Crippen LogP contribution is 2.33. The van der Waals surface area contributed by atoms with E-state index in [1.54, 1.807) is 44.2 Å². The van der Waals surface area contributed by atoms with Crippen LogP contribution in [0.3, 0.4) is 0 Å². The summed E-state index contributed by atoms with van der Waals surface area (Å²) in [6, 6.07) is 12.3. The van der Waals surface area contributed by atoms with Gasteiger partial charge in [0.2, 0.25) is 0 Å². The summed E-state index contributed by atoms with van der Waals surface area (Å²) >= 11 is 9.62. The highest BCUT2D eigenvalue weighted by Gasteiger charge is 2.26. The van der Waals surface area contributed by atoms with Crippen LogP contribution in [-0.2, 0) is 10.0 Å². The zero-order chi connectivity index (χ0) is 27.4. The van der Waals surface area contributed by atoms with Gasteiger partial charge in [0.15, 0.2) is 0 Å². The first-order valence-corrected chi connectivity index (χ1v) is 15.2. The lowest BCUT2D eigenvalue weighted by Gasteiger charge is -2.33. The van der Waals surface area contributed by atoms with E-state index in [2.05, 4.69) is 31.1 Å². The van der Waals surface area contributed by atoms with Gasteiger partial charge in [-0.2, -0.15) is 0 Å². The topological polar surface area (TPSA) is 82.6 Å². The normalized spacial score (nSPS) is 14.4. The van der Waals surface area contributed by atoms with Crippen LogP contribution in [0.15, 0.2) is 64.2 Å². The average Bonchev–Trinajstić information content (AvgIpc) is 2.91.